The number of carbonyl (C=O) groups excluding carboxylic acids is 2. The van der Waals surface area contributed by atoms with Crippen LogP contribution in [-0.2, 0) is 11.2 Å². The Labute approximate surface area is 134 Å². The number of halogens is 2. The SMILES string of the molecule is C[C@@H](O)CNC(=O)c1nc(CC(=O)Nc2ccc(F)cc2F)no1. The summed E-state index contributed by atoms with van der Waals surface area (Å²) in [6.07, 6.45) is -1.11. The fourth-order valence-corrected chi connectivity index (χ4v) is 1.66. The summed E-state index contributed by atoms with van der Waals surface area (Å²) in [6, 6.07) is 2.71. The number of aliphatic hydroxyl groups is 1. The third kappa shape index (κ3) is 4.81. The lowest BCUT2D eigenvalue weighted by Crippen LogP contribution is -2.30. The van der Waals surface area contributed by atoms with Crippen molar-refractivity contribution < 1.29 is 28.0 Å². The van der Waals surface area contributed by atoms with E-state index in [-0.39, 0.29) is 30.4 Å². The van der Waals surface area contributed by atoms with Gasteiger partial charge >= 0.3 is 11.8 Å². The Morgan fingerprint density at radius 2 is 2.12 bits per heavy atom. The van der Waals surface area contributed by atoms with E-state index in [0.717, 1.165) is 12.1 Å². The molecule has 1 atom stereocenters. The molecule has 10 heteroatoms. The number of hydrogen-bond donors (Lipinski definition) is 3. The zero-order chi connectivity index (χ0) is 17.7. The predicted octanol–water partition coefficient (Wildman–Crippen LogP) is 0.640. The molecule has 2 rings (SSSR count). The van der Waals surface area contributed by atoms with Crippen molar-refractivity contribution >= 4 is 17.5 Å². The monoisotopic (exact) mass is 340 g/mol. The van der Waals surface area contributed by atoms with E-state index in [1.165, 1.54) is 6.92 Å². The van der Waals surface area contributed by atoms with Crippen LogP contribution < -0.4 is 10.6 Å². The molecule has 3 N–H and O–H groups in total. The first kappa shape index (κ1) is 17.5. The fraction of sp³-hybridized carbons (Fsp3) is 0.286. The van der Waals surface area contributed by atoms with E-state index < -0.39 is 29.6 Å². The first-order chi connectivity index (χ1) is 11.3. The van der Waals surface area contributed by atoms with E-state index in [2.05, 4.69) is 20.8 Å². The van der Waals surface area contributed by atoms with Gasteiger partial charge in [-0.3, -0.25) is 9.59 Å². The van der Waals surface area contributed by atoms with Crippen molar-refractivity contribution in [2.24, 2.45) is 0 Å². The van der Waals surface area contributed by atoms with Crippen LogP contribution in [-0.4, -0.2) is 39.7 Å². The van der Waals surface area contributed by atoms with Crippen LogP contribution in [0.3, 0.4) is 0 Å². The summed E-state index contributed by atoms with van der Waals surface area (Å²) in [5, 5.41) is 17.1. The molecule has 1 aromatic carbocycles. The van der Waals surface area contributed by atoms with Crippen molar-refractivity contribution in [1.29, 1.82) is 0 Å². The van der Waals surface area contributed by atoms with Gasteiger partial charge in [-0.15, -0.1) is 0 Å². The second-order valence-electron chi connectivity index (χ2n) is 4.92. The highest BCUT2D eigenvalue weighted by Crippen LogP contribution is 2.15. The third-order valence-corrected chi connectivity index (χ3v) is 2.74. The van der Waals surface area contributed by atoms with Gasteiger partial charge in [-0.2, -0.15) is 4.98 Å². The number of anilines is 1. The Hall–Kier alpha value is -2.88. The van der Waals surface area contributed by atoms with Gasteiger partial charge in [-0.1, -0.05) is 5.16 Å². The van der Waals surface area contributed by atoms with Crippen molar-refractivity contribution in [2.75, 3.05) is 11.9 Å². The highest BCUT2D eigenvalue weighted by molar-refractivity contribution is 5.92. The quantitative estimate of drug-likeness (QED) is 0.710. The highest BCUT2D eigenvalue weighted by Gasteiger charge is 2.17. The number of rotatable bonds is 6. The maximum atomic E-state index is 13.4. The Kier molecular flexibility index (Phi) is 5.53. The molecular formula is C14H14F2N4O4. The number of amides is 2. The van der Waals surface area contributed by atoms with Crippen LogP contribution in [0.15, 0.2) is 22.7 Å². The summed E-state index contributed by atoms with van der Waals surface area (Å²) in [5.41, 5.74) is -0.195. The molecule has 1 aromatic heterocycles. The molecule has 0 saturated heterocycles. The van der Waals surface area contributed by atoms with E-state index in [1.54, 1.807) is 0 Å². The lowest BCUT2D eigenvalue weighted by atomic mass is 10.3. The molecule has 1 heterocycles. The fourth-order valence-electron chi connectivity index (χ4n) is 1.66. The zero-order valence-corrected chi connectivity index (χ0v) is 12.5. The van der Waals surface area contributed by atoms with Crippen LogP contribution in [0.2, 0.25) is 0 Å². The number of aromatic nitrogens is 2. The lowest BCUT2D eigenvalue weighted by Gasteiger charge is -2.04. The maximum Gasteiger partial charge on any atom is 0.315 e. The highest BCUT2D eigenvalue weighted by atomic mass is 19.1. The molecule has 0 spiro atoms. The molecule has 0 saturated carbocycles. The Morgan fingerprint density at radius 3 is 2.79 bits per heavy atom. The number of carbonyl (C=O) groups is 2. The summed E-state index contributed by atoms with van der Waals surface area (Å²) < 4.78 is 30.9. The standard InChI is InChI=1S/C14H14F2N4O4/c1-7(21)6-17-13(23)14-19-11(20-24-14)5-12(22)18-10-3-2-8(15)4-9(10)16/h2-4,7,21H,5-6H2,1H3,(H,17,23)(H,18,22)/t7-/m1/s1. The molecule has 0 radical (unpaired) electrons. The van der Waals surface area contributed by atoms with Gasteiger partial charge in [0.1, 0.15) is 11.6 Å². The zero-order valence-electron chi connectivity index (χ0n) is 12.5. The molecule has 0 aliphatic rings. The second-order valence-corrected chi connectivity index (χ2v) is 4.92. The van der Waals surface area contributed by atoms with Crippen molar-refractivity contribution in [1.82, 2.24) is 15.5 Å². The summed E-state index contributed by atoms with van der Waals surface area (Å²) in [5.74, 6) is -3.51. The Bertz CT molecular complexity index is 748. The van der Waals surface area contributed by atoms with E-state index in [0.29, 0.717) is 6.07 Å². The van der Waals surface area contributed by atoms with Gasteiger partial charge in [-0.25, -0.2) is 8.78 Å². The topological polar surface area (TPSA) is 117 Å². The Morgan fingerprint density at radius 1 is 1.38 bits per heavy atom. The molecule has 0 bridgehead atoms. The minimum Gasteiger partial charge on any atom is -0.392 e. The average Bonchev–Trinajstić information content (AvgIpc) is 2.96. The second kappa shape index (κ2) is 7.59. The van der Waals surface area contributed by atoms with Gasteiger partial charge < -0.3 is 20.3 Å². The van der Waals surface area contributed by atoms with Crippen LogP contribution in [0.5, 0.6) is 0 Å². The number of aliphatic hydroxyl groups excluding tert-OH is 1. The molecule has 24 heavy (non-hydrogen) atoms. The third-order valence-electron chi connectivity index (χ3n) is 2.74. The summed E-state index contributed by atoms with van der Waals surface area (Å²) in [4.78, 5) is 27.1. The molecule has 0 fully saturated rings. The maximum absolute atomic E-state index is 13.4. The van der Waals surface area contributed by atoms with Crippen molar-refractivity contribution in [3.8, 4) is 0 Å². The van der Waals surface area contributed by atoms with Gasteiger partial charge in [0.15, 0.2) is 5.82 Å². The number of hydrogen-bond acceptors (Lipinski definition) is 6. The predicted molar refractivity (Wildman–Crippen MR) is 77.0 cm³/mol. The van der Waals surface area contributed by atoms with Crippen LogP contribution in [0.1, 0.15) is 23.4 Å². The van der Waals surface area contributed by atoms with E-state index in [4.69, 9.17) is 9.63 Å². The van der Waals surface area contributed by atoms with Gasteiger partial charge in [0, 0.05) is 12.6 Å². The minimum atomic E-state index is -0.922. The molecule has 128 valence electrons. The van der Waals surface area contributed by atoms with Crippen LogP contribution in [0, 0.1) is 11.6 Å². The van der Waals surface area contributed by atoms with E-state index in [1.807, 2.05) is 0 Å². The van der Waals surface area contributed by atoms with Crippen molar-refractivity contribution in [2.45, 2.75) is 19.4 Å². The van der Waals surface area contributed by atoms with Crippen molar-refractivity contribution in [3.63, 3.8) is 0 Å². The lowest BCUT2D eigenvalue weighted by molar-refractivity contribution is -0.115. The van der Waals surface area contributed by atoms with Gasteiger partial charge in [0.2, 0.25) is 5.91 Å². The molecule has 0 aliphatic carbocycles. The molecule has 2 amide bonds. The smallest absolute Gasteiger partial charge is 0.315 e. The number of benzene rings is 1. The van der Waals surface area contributed by atoms with Crippen molar-refractivity contribution in [3.05, 3.63) is 41.5 Å². The normalized spacial score (nSPS) is 11.8. The van der Waals surface area contributed by atoms with Crippen LogP contribution in [0.4, 0.5) is 14.5 Å². The summed E-state index contributed by atoms with van der Waals surface area (Å²) in [7, 11) is 0. The van der Waals surface area contributed by atoms with E-state index >= 15 is 0 Å². The van der Waals surface area contributed by atoms with Gasteiger partial charge in [-0.05, 0) is 19.1 Å². The molecule has 8 nitrogen and oxygen atoms in total. The number of nitrogens with one attached hydrogen (secondary N) is 2. The first-order valence-electron chi connectivity index (χ1n) is 6.89. The summed E-state index contributed by atoms with van der Waals surface area (Å²) >= 11 is 0. The molecule has 2 aromatic rings. The van der Waals surface area contributed by atoms with Crippen LogP contribution in [0.25, 0.3) is 0 Å². The molecular weight excluding hydrogens is 326 g/mol. The van der Waals surface area contributed by atoms with E-state index in [9.17, 15) is 18.4 Å². The average molecular weight is 340 g/mol. The van der Waals surface area contributed by atoms with Gasteiger partial charge in [0.25, 0.3) is 0 Å². The largest absolute Gasteiger partial charge is 0.392 e. The molecule has 0 unspecified atom stereocenters. The molecule has 0 aliphatic heterocycles. The number of nitrogens with zero attached hydrogens (tertiary/aromatic N) is 2. The Balaban J connectivity index is 1.94. The summed E-state index contributed by atoms with van der Waals surface area (Å²) in [6.45, 7) is 1.49. The van der Waals surface area contributed by atoms with Gasteiger partial charge in [0.05, 0.1) is 18.2 Å². The van der Waals surface area contributed by atoms with Crippen LogP contribution >= 0.6 is 0 Å². The minimum absolute atomic E-state index is 0.000869. The first-order valence-corrected chi connectivity index (χ1v) is 6.89.